The van der Waals surface area contributed by atoms with Crippen molar-refractivity contribution >= 4 is 5.91 Å². The molecule has 0 aliphatic carbocycles. The number of hydrogen-bond donors (Lipinski definition) is 2. The molecule has 0 radical (unpaired) electrons. The first-order valence-electron chi connectivity index (χ1n) is 5.51. The summed E-state index contributed by atoms with van der Waals surface area (Å²) >= 11 is 0. The van der Waals surface area contributed by atoms with Crippen molar-refractivity contribution in [2.75, 3.05) is 19.6 Å². The van der Waals surface area contributed by atoms with Crippen molar-refractivity contribution in [3.8, 4) is 0 Å². The normalized spacial score (nSPS) is 33.7. The van der Waals surface area contributed by atoms with Crippen LogP contribution in [0, 0.1) is 0 Å². The fourth-order valence-corrected chi connectivity index (χ4v) is 2.56. The molecule has 0 aromatic carbocycles. The molecule has 1 amide bonds. The summed E-state index contributed by atoms with van der Waals surface area (Å²) in [6, 6.07) is 0.981. The highest BCUT2D eigenvalue weighted by atomic mass is 16.1. The van der Waals surface area contributed by atoms with Crippen LogP contribution in [0.1, 0.15) is 25.7 Å². The number of piperazine rings is 1. The highest BCUT2D eigenvalue weighted by Gasteiger charge is 2.29. The molecule has 0 spiro atoms. The second-order valence-corrected chi connectivity index (χ2v) is 4.42. The van der Waals surface area contributed by atoms with E-state index in [0.29, 0.717) is 12.5 Å². The Morgan fingerprint density at radius 1 is 1.50 bits per heavy atom. The number of fused-ring (bicyclic) bond motifs is 1. The van der Waals surface area contributed by atoms with E-state index in [1.165, 1.54) is 25.8 Å². The van der Waals surface area contributed by atoms with Crippen LogP contribution in [0.25, 0.3) is 0 Å². The number of nitrogens with two attached hydrogens (primary N) is 1. The molecule has 2 saturated heterocycles. The summed E-state index contributed by atoms with van der Waals surface area (Å²) in [5, 5.41) is 3.41. The maximum absolute atomic E-state index is 10.8. The molecule has 2 fully saturated rings. The molecular formula is C10H19N3O. The van der Waals surface area contributed by atoms with Crippen LogP contribution < -0.4 is 11.1 Å². The molecule has 0 aromatic rings. The largest absolute Gasteiger partial charge is 0.370 e. The third kappa shape index (κ3) is 2.25. The van der Waals surface area contributed by atoms with Crippen molar-refractivity contribution in [1.29, 1.82) is 0 Å². The van der Waals surface area contributed by atoms with Crippen LogP contribution in [0.4, 0.5) is 0 Å². The van der Waals surface area contributed by atoms with E-state index < -0.39 is 0 Å². The Hall–Kier alpha value is -0.610. The maximum atomic E-state index is 10.8. The van der Waals surface area contributed by atoms with E-state index >= 15 is 0 Å². The highest BCUT2D eigenvalue weighted by Crippen LogP contribution is 2.20. The molecule has 0 aromatic heterocycles. The molecule has 4 nitrogen and oxygen atoms in total. The van der Waals surface area contributed by atoms with Crippen LogP contribution in [0.15, 0.2) is 0 Å². The van der Waals surface area contributed by atoms with Gasteiger partial charge in [0.05, 0.1) is 0 Å². The zero-order valence-electron chi connectivity index (χ0n) is 8.54. The minimum Gasteiger partial charge on any atom is -0.370 e. The minimum absolute atomic E-state index is 0.196. The van der Waals surface area contributed by atoms with Gasteiger partial charge in [0.1, 0.15) is 0 Å². The molecule has 2 unspecified atom stereocenters. The van der Waals surface area contributed by atoms with Crippen molar-refractivity contribution in [2.24, 2.45) is 5.73 Å². The lowest BCUT2D eigenvalue weighted by atomic mass is 9.97. The Morgan fingerprint density at radius 2 is 2.36 bits per heavy atom. The third-order valence-electron chi connectivity index (χ3n) is 3.29. The Balaban J connectivity index is 1.86. The van der Waals surface area contributed by atoms with Crippen LogP contribution >= 0.6 is 0 Å². The van der Waals surface area contributed by atoms with Gasteiger partial charge in [-0.1, -0.05) is 6.42 Å². The van der Waals surface area contributed by atoms with Gasteiger partial charge in [-0.05, 0) is 19.4 Å². The molecular weight excluding hydrogens is 178 g/mol. The Kier molecular flexibility index (Phi) is 3.03. The summed E-state index contributed by atoms with van der Waals surface area (Å²) < 4.78 is 0. The summed E-state index contributed by atoms with van der Waals surface area (Å²) in [4.78, 5) is 13.3. The van der Waals surface area contributed by atoms with E-state index in [0.717, 1.165) is 13.1 Å². The Morgan fingerprint density at radius 3 is 3.14 bits per heavy atom. The number of rotatable bonds is 2. The molecule has 80 valence electrons. The topological polar surface area (TPSA) is 58.4 Å². The van der Waals surface area contributed by atoms with Crippen LogP contribution in [0.3, 0.4) is 0 Å². The predicted molar refractivity (Wildman–Crippen MR) is 54.8 cm³/mol. The lowest BCUT2D eigenvalue weighted by molar-refractivity contribution is -0.118. The summed E-state index contributed by atoms with van der Waals surface area (Å²) in [7, 11) is 0. The van der Waals surface area contributed by atoms with Gasteiger partial charge in [0.25, 0.3) is 0 Å². The monoisotopic (exact) mass is 197 g/mol. The summed E-state index contributed by atoms with van der Waals surface area (Å²) in [6.07, 6.45) is 4.43. The van der Waals surface area contributed by atoms with E-state index in [1.807, 2.05) is 0 Å². The number of carbonyl (C=O) groups is 1. The number of hydrogen-bond acceptors (Lipinski definition) is 3. The predicted octanol–water partition coefficient (Wildman–Crippen LogP) is -0.312. The summed E-state index contributed by atoms with van der Waals surface area (Å²) in [5.74, 6) is -0.196. The molecule has 2 rings (SSSR count). The van der Waals surface area contributed by atoms with Crippen LogP contribution in [-0.4, -0.2) is 42.5 Å². The molecule has 14 heavy (non-hydrogen) atoms. The molecule has 2 atom stereocenters. The van der Waals surface area contributed by atoms with Crippen molar-refractivity contribution < 1.29 is 4.79 Å². The zero-order valence-corrected chi connectivity index (χ0v) is 8.54. The van der Waals surface area contributed by atoms with E-state index in [2.05, 4.69) is 10.2 Å². The molecule has 0 saturated carbocycles. The van der Waals surface area contributed by atoms with Crippen molar-refractivity contribution in [3.63, 3.8) is 0 Å². The van der Waals surface area contributed by atoms with E-state index in [1.54, 1.807) is 0 Å². The van der Waals surface area contributed by atoms with Gasteiger partial charge in [-0.25, -0.2) is 0 Å². The van der Waals surface area contributed by atoms with Gasteiger partial charge in [0.15, 0.2) is 0 Å². The van der Waals surface area contributed by atoms with Gasteiger partial charge >= 0.3 is 0 Å². The molecule has 3 N–H and O–H groups in total. The smallest absolute Gasteiger partial charge is 0.219 e. The number of carbonyl (C=O) groups excluding carboxylic acids is 1. The molecule has 2 aliphatic heterocycles. The Labute approximate surface area is 84.8 Å². The summed E-state index contributed by atoms with van der Waals surface area (Å²) in [6.45, 7) is 3.22. The zero-order chi connectivity index (χ0) is 9.97. The fourth-order valence-electron chi connectivity index (χ4n) is 2.56. The number of primary amides is 1. The van der Waals surface area contributed by atoms with Gasteiger partial charge in [0, 0.05) is 31.6 Å². The van der Waals surface area contributed by atoms with Crippen LogP contribution in [0.5, 0.6) is 0 Å². The number of nitrogens with zero attached hydrogens (tertiary/aromatic N) is 1. The standard InChI is InChI=1S/C10H19N3O/c11-10(14)5-8-7-13-4-2-1-3-9(13)6-12-8/h8-9,12H,1-7H2,(H2,11,14). The second-order valence-electron chi connectivity index (χ2n) is 4.42. The first-order chi connectivity index (χ1) is 6.75. The molecule has 2 aliphatic rings. The van der Waals surface area contributed by atoms with Crippen LogP contribution in [0.2, 0.25) is 0 Å². The average Bonchev–Trinajstić information content (AvgIpc) is 2.17. The molecule has 0 bridgehead atoms. The fraction of sp³-hybridized carbons (Fsp3) is 0.900. The number of amides is 1. The minimum atomic E-state index is -0.196. The van der Waals surface area contributed by atoms with E-state index in [-0.39, 0.29) is 11.9 Å². The van der Waals surface area contributed by atoms with Crippen molar-refractivity contribution in [3.05, 3.63) is 0 Å². The van der Waals surface area contributed by atoms with Crippen LogP contribution in [-0.2, 0) is 4.79 Å². The number of nitrogens with one attached hydrogen (secondary N) is 1. The van der Waals surface area contributed by atoms with Crippen molar-refractivity contribution in [2.45, 2.75) is 37.8 Å². The quantitative estimate of drug-likeness (QED) is 0.638. The van der Waals surface area contributed by atoms with Gasteiger partial charge < -0.3 is 11.1 Å². The van der Waals surface area contributed by atoms with Gasteiger partial charge in [-0.15, -0.1) is 0 Å². The highest BCUT2D eigenvalue weighted by molar-refractivity contribution is 5.74. The summed E-state index contributed by atoms with van der Waals surface area (Å²) in [5.41, 5.74) is 5.19. The maximum Gasteiger partial charge on any atom is 0.219 e. The van der Waals surface area contributed by atoms with Gasteiger partial charge in [-0.3, -0.25) is 9.69 Å². The first-order valence-corrected chi connectivity index (χ1v) is 5.51. The third-order valence-corrected chi connectivity index (χ3v) is 3.29. The van der Waals surface area contributed by atoms with Gasteiger partial charge in [0.2, 0.25) is 5.91 Å². The lowest BCUT2D eigenvalue weighted by Crippen LogP contribution is -2.58. The average molecular weight is 197 g/mol. The molecule has 4 heteroatoms. The van der Waals surface area contributed by atoms with E-state index in [4.69, 9.17) is 5.73 Å². The SMILES string of the molecule is NC(=O)CC1CN2CCCCC2CN1. The van der Waals surface area contributed by atoms with Gasteiger partial charge in [-0.2, -0.15) is 0 Å². The van der Waals surface area contributed by atoms with E-state index in [9.17, 15) is 4.79 Å². The second kappa shape index (κ2) is 4.28. The lowest BCUT2D eigenvalue weighted by Gasteiger charge is -2.42. The molecule has 2 heterocycles. The Bertz CT molecular complexity index is 219. The first kappa shape index (κ1) is 9.93. The number of piperidine rings is 1. The van der Waals surface area contributed by atoms with Crippen molar-refractivity contribution in [1.82, 2.24) is 10.2 Å².